The van der Waals surface area contributed by atoms with Crippen molar-refractivity contribution in [3.05, 3.63) is 22.7 Å². The summed E-state index contributed by atoms with van der Waals surface area (Å²) < 4.78 is 0.767. The van der Waals surface area contributed by atoms with Gasteiger partial charge in [-0.05, 0) is 22.9 Å². The van der Waals surface area contributed by atoms with E-state index in [2.05, 4.69) is 25.9 Å². The van der Waals surface area contributed by atoms with Gasteiger partial charge in [-0.2, -0.15) is 0 Å². The number of nitrogens with zero attached hydrogens (tertiary/aromatic N) is 3. The van der Waals surface area contributed by atoms with E-state index in [9.17, 15) is 4.79 Å². The van der Waals surface area contributed by atoms with Crippen molar-refractivity contribution in [2.45, 2.75) is 6.92 Å². The standard InChI is InChI=1S/C8H10BrN3O/c1-3-12(2)8(13)7-10-4-6(9)5-11-7/h4-5H,3H2,1-2H3. The molecule has 0 saturated carbocycles. The predicted octanol–water partition coefficient (Wildman–Crippen LogP) is 1.33. The number of hydrogen-bond donors (Lipinski definition) is 0. The molecule has 1 aromatic heterocycles. The van der Waals surface area contributed by atoms with Crippen molar-refractivity contribution in [2.24, 2.45) is 0 Å². The van der Waals surface area contributed by atoms with Gasteiger partial charge in [0.25, 0.3) is 5.91 Å². The zero-order valence-corrected chi connectivity index (χ0v) is 9.08. The van der Waals surface area contributed by atoms with Crippen molar-refractivity contribution < 1.29 is 4.79 Å². The molecular formula is C8H10BrN3O. The first-order valence-corrected chi connectivity index (χ1v) is 4.67. The van der Waals surface area contributed by atoms with Crippen LogP contribution in [0.5, 0.6) is 0 Å². The van der Waals surface area contributed by atoms with E-state index in [-0.39, 0.29) is 11.7 Å². The Bertz CT molecular complexity index is 299. The molecule has 0 aromatic carbocycles. The summed E-state index contributed by atoms with van der Waals surface area (Å²) in [5.41, 5.74) is 0. The van der Waals surface area contributed by atoms with Crippen LogP contribution in [-0.2, 0) is 0 Å². The van der Waals surface area contributed by atoms with E-state index in [4.69, 9.17) is 0 Å². The van der Waals surface area contributed by atoms with Crippen molar-refractivity contribution in [1.82, 2.24) is 14.9 Å². The minimum absolute atomic E-state index is 0.157. The number of carbonyl (C=O) groups excluding carboxylic acids is 1. The van der Waals surface area contributed by atoms with E-state index in [1.165, 1.54) is 0 Å². The van der Waals surface area contributed by atoms with E-state index < -0.39 is 0 Å². The highest BCUT2D eigenvalue weighted by molar-refractivity contribution is 9.10. The van der Waals surface area contributed by atoms with Gasteiger partial charge in [0.05, 0.1) is 4.47 Å². The second kappa shape index (κ2) is 4.32. The first-order valence-electron chi connectivity index (χ1n) is 3.88. The van der Waals surface area contributed by atoms with Crippen molar-refractivity contribution in [2.75, 3.05) is 13.6 Å². The zero-order valence-electron chi connectivity index (χ0n) is 7.49. The van der Waals surface area contributed by atoms with Crippen LogP contribution in [0.4, 0.5) is 0 Å². The van der Waals surface area contributed by atoms with Crippen LogP contribution in [0, 0.1) is 0 Å². The van der Waals surface area contributed by atoms with Gasteiger partial charge < -0.3 is 4.90 Å². The third-order valence-electron chi connectivity index (χ3n) is 1.63. The van der Waals surface area contributed by atoms with Crippen molar-refractivity contribution in [3.63, 3.8) is 0 Å². The number of hydrogen-bond acceptors (Lipinski definition) is 3. The fraction of sp³-hybridized carbons (Fsp3) is 0.375. The quantitative estimate of drug-likeness (QED) is 0.788. The molecule has 0 unspecified atom stereocenters. The highest BCUT2D eigenvalue weighted by Gasteiger charge is 2.12. The van der Waals surface area contributed by atoms with Gasteiger partial charge in [0.2, 0.25) is 5.82 Å². The Labute approximate surface area is 85.1 Å². The highest BCUT2D eigenvalue weighted by atomic mass is 79.9. The Kier molecular flexibility index (Phi) is 3.36. The summed E-state index contributed by atoms with van der Waals surface area (Å²) in [4.78, 5) is 20.8. The van der Waals surface area contributed by atoms with Gasteiger partial charge in [-0.1, -0.05) is 0 Å². The summed E-state index contributed by atoms with van der Waals surface area (Å²) in [5.74, 6) is 0.0718. The second-order valence-electron chi connectivity index (χ2n) is 2.54. The molecule has 0 aliphatic rings. The molecule has 0 aliphatic carbocycles. The normalized spacial score (nSPS) is 9.77. The molecule has 1 aromatic rings. The minimum Gasteiger partial charge on any atom is -0.339 e. The Morgan fingerprint density at radius 3 is 2.54 bits per heavy atom. The first kappa shape index (κ1) is 10.1. The van der Waals surface area contributed by atoms with Gasteiger partial charge in [-0.25, -0.2) is 9.97 Å². The van der Waals surface area contributed by atoms with Crippen LogP contribution in [-0.4, -0.2) is 34.4 Å². The molecular weight excluding hydrogens is 234 g/mol. The predicted molar refractivity (Wildman–Crippen MR) is 52.4 cm³/mol. The van der Waals surface area contributed by atoms with Gasteiger partial charge in [0, 0.05) is 26.0 Å². The summed E-state index contributed by atoms with van der Waals surface area (Å²) in [6.07, 6.45) is 3.12. The molecule has 0 spiro atoms. The van der Waals surface area contributed by atoms with Gasteiger partial charge in [-0.15, -0.1) is 0 Å². The maximum absolute atomic E-state index is 11.5. The smallest absolute Gasteiger partial charge is 0.291 e. The molecule has 0 saturated heterocycles. The Morgan fingerprint density at radius 2 is 2.08 bits per heavy atom. The lowest BCUT2D eigenvalue weighted by atomic mass is 10.4. The lowest BCUT2D eigenvalue weighted by Gasteiger charge is -2.12. The highest BCUT2D eigenvalue weighted by Crippen LogP contribution is 2.05. The second-order valence-corrected chi connectivity index (χ2v) is 3.46. The number of amides is 1. The third-order valence-corrected chi connectivity index (χ3v) is 2.04. The van der Waals surface area contributed by atoms with Gasteiger partial charge in [-0.3, -0.25) is 4.79 Å². The molecule has 1 amide bonds. The van der Waals surface area contributed by atoms with E-state index in [0.717, 1.165) is 4.47 Å². The molecule has 1 rings (SSSR count). The number of halogens is 1. The fourth-order valence-electron chi connectivity index (χ4n) is 0.737. The Balaban J connectivity index is 2.83. The molecule has 13 heavy (non-hydrogen) atoms. The van der Waals surface area contributed by atoms with Crippen LogP contribution in [0.1, 0.15) is 17.5 Å². The van der Waals surface area contributed by atoms with E-state index in [0.29, 0.717) is 6.54 Å². The maximum Gasteiger partial charge on any atom is 0.291 e. The topological polar surface area (TPSA) is 46.1 Å². The molecule has 4 nitrogen and oxygen atoms in total. The first-order chi connectivity index (χ1) is 6.15. The number of aromatic nitrogens is 2. The Hall–Kier alpha value is -0.970. The monoisotopic (exact) mass is 243 g/mol. The lowest BCUT2D eigenvalue weighted by molar-refractivity contribution is 0.0790. The lowest BCUT2D eigenvalue weighted by Crippen LogP contribution is -2.27. The van der Waals surface area contributed by atoms with Gasteiger partial charge in [0.1, 0.15) is 0 Å². The zero-order chi connectivity index (χ0) is 9.84. The molecule has 0 atom stereocenters. The number of rotatable bonds is 2. The van der Waals surface area contributed by atoms with Crippen molar-refractivity contribution >= 4 is 21.8 Å². The molecule has 0 aliphatic heterocycles. The summed E-state index contributed by atoms with van der Waals surface area (Å²) >= 11 is 3.20. The molecule has 1 heterocycles. The minimum atomic E-state index is -0.157. The summed E-state index contributed by atoms with van der Waals surface area (Å²) in [5, 5.41) is 0. The Morgan fingerprint density at radius 1 is 1.54 bits per heavy atom. The van der Waals surface area contributed by atoms with E-state index in [1.807, 2.05) is 6.92 Å². The summed E-state index contributed by atoms with van der Waals surface area (Å²) in [6, 6.07) is 0. The van der Waals surface area contributed by atoms with Crippen LogP contribution >= 0.6 is 15.9 Å². The van der Waals surface area contributed by atoms with Gasteiger partial charge in [0.15, 0.2) is 0 Å². The summed E-state index contributed by atoms with van der Waals surface area (Å²) in [7, 11) is 1.72. The number of carbonyl (C=O) groups is 1. The molecule has 0 N–H and O–H groups in total. The summed E-state index contributed by atoms with van der Waals surface area (Å²) in [6.45, 7) is 2.55. The SMILES string of the molecule is CCN(C)C(=O)c1ncc(Br)cn1. The molecule has 0 radical (unpaired) electrons. The average Bonchev–Trinajstić information content (AvgIpc) is 2.17. The molecule has 0 fully saturated rings. The molecule has 5 heteroatoms. The fourth-order valence-corrected chi connectivity index (χ4v) is 0.942. The van der Waals surface area contributed by atoms with Crippen LogP contribution in [0.25, 0.3) is 0 Å². The molecule has 70 valence electrons. The maximum atomic E-state index is 11.5. The van der Waals surface area contributed by atoms with Crippen LogP contribution < -0.4 is 0 Å². The van der Waals surface area contributed by atoms with Gasteiger partial charge >= 0.3 is 0 Å². The van der Waals surface area contributed by atoms with Crippen LogP contribution in [0.3, 0.4) is 0 Å². The molecule has 0 bridgehead atoms. The third kappa shape index (κ3) is 2.48. The van der Waals surface area contributed by atoms with Crippen molar-refractivity contribution in [1.29, 1.82) is 0 Å². The van der Waals surface area contributed by atoms with E-state index >= 15 is 0 Å². The van der Waals surface area contributed by atoms with Crippen LogP contribution in [0.2, 0.25) is 0 Å². The van der Waals surface area contributed by atoms with Crippen molar-refractivity contribution in [3.8, 4) is 0 Å². The largest absolute Gasteiger partial charge is 0.339 e. The average molecular weight is 244 g/mol. The van der Waals surface area contributed by atoms with E-state index in [1.54, 1.807) is 24.3 Å². The van der Waals surface area contributed by atoms with Crippen LogP contribution in [0.15, 0.2) is 16.9 Å².